The van der Waals surface area contributed by atoms with Gasteiger partial charge >= 0.3 is 6.09 Å². The predicted octanol–water partition coefficient (Wildman–Crippen LogP) is 2.04. The molecule has 6 amide bonds. The average molecular weight is 556 g/mol. The molecular weight excluding hydrogens is 518 g/mol. The van der Waals surface area contributed by atoms with Crippen molar-refractivity contribution < 1.29 is 33.5 Å². The molecule has 3 N–H and O–H groups in total. The van der Waals surface area contributed by atoms with Crippen molar-refractivity contribution >= 4 is 41.3 Å². The third-order valence-corrected chi connectivity index (χ3v) is 7.11. The molecule has 2 fully saturated rings. The van der Waals surface area contributed by atoms with Gasteiger partial charge in [-0.2, -0.15) is 0 Å². The summed E-state index contributed by atoms with van der Waals surface area (Å²) in [4.78, 5) is 76.5. The lowest BCUT2D eigenvalue weighted by molar-refractivity contribution is -0.136. The Morgan fingerprint density at radius 2 is 1.75 bits per heavy atom. The van der Waals surface area contributed by atoms with Gasteiger partial charge in [0.25, 0.3) is 11.8 Å². The molecule has 3 aliphatic heterocycles. The average Bonchev–Trinajstić information content (AvgIpc) is 3.43. The maximum absolute atomic E-state index is 12.9. The maximum Gasteiger partial charge on any atom is 0.410 e. The highest BCUT2D eigenvalue weighted by Crippen LogP contribution is 2.29. The Hall–Kier alpha value is -3.96. The van der Waals surface area contributed by atoms with Crippen molar-refractivity contribution in [1.29, 1.82) is 0 Å². The Bertz CT molecular complexity index is 1210. The Morgan fingerprint density at radius 1 is 1.02 bits per heavy atom. The number of fused-ring (bicyclic) bond motifs is 1. The minimum absolute atomic E-state index is 0.0358. The first kappa shape index (κ1) is 29.0. The first-order valence-corrected chi connectivity index (χ1v) is 13.8. The number of hydrogen-bond donors (Lipinski definition) is 3. The van der Waals surface area contributed by atoms with E-state index < -0.39 is 35.3 Å². The van der Waals surface area contributed by atoms with Gasteiger partial charge < -0.3 is 20.3 Å². The quantitative estimate of drug-likeness (QED) is 0.309. The van der Waals surface area contributed by atoms with Crippen LogP contribution in [0.1, 0.15) is 80.0 Å². The summed E-state index contributed by atoms with van der Waals surface area (Å²) in [5, 5.41) is 8.35. The summed E-state index contributed by atoms with van der Waals surface area (Å²) in [5.74, 6) is -2.04. The number of ether oxygens (including phenoxy) is 1. The number of piperidine rings is 1. The fraction of sp³-hybridized carbons (Fsp3) is 0.571. The molecule has 3 heterocycles. The summed E-state index contributed by atoms with van der Waals surface area (Å²) in [7, 11) is 0. The Labute approximate surface area is 233 Å². The van der Waals surface area contributed by atoms with E-state index in [0.717, 1.165) is 24.2 Å². The van der Waals surface area contributed by atoms with Crippen LogP contribution < -0.4 is 16.0 Å². The van der Waals surface area contributed by atoms with Crippen molar-refractivity contribution in [3.8, 4) is 0 Å². The monoisotopic (exact) mass is 555 g/mol. The molecule has 2 unspecified atom stereocenters. The number of rotatable bonds is 9. The molecule has 0 radical (unpaired) electrons. The van der Waals surface area contributed by atoms with Gasteiger partial charge in [-0.25, -0.2) is 4.79 Å². The van der Waals surface area contributed by atoms with Crippen LogP contribution in [-0.4, -0.2) is 83.3 Å². The van der Waals surface area contributed by atoms with Crippen molar-refractivity contribution in [1.82, 2.24) is 20.4 Å². The van der Waals surface area contributed by atoms with Gasteiger partial charge in [0, 0.05) is 44.7 Å². The van der Waals surface area contributed by atoms with Crippen molar-refractivity contribution in [2.75, 3.05) is 31.5 Å². The van der Waals surface area contributed by atoms with Gasteiger partial charge in [-0.3, -0.25) is 34.2 Å². The van der Waals surface area contributed by atoms with Crippen LogP contribution in [-0.2, 0) is 19.1 Å². The van der Waals surface area contributed by atoms with E-state index in [4.69, 9.17) is 4.74 Å². The molecule has 1 aromatic rings. The number of imide groups is 2. The zero-order chi connectivity index (χ0) is 29.0. The third-order valence-electron chi connectivity index (χ3n) is 7.11. The molecule has 0 aromatic heterocycles. The van der Waals surface area contributed by atoms with Crippen LogP contribution in [0.25, 0.3) is 0 Å². The van der Waals surface area contributed by atoms with Crippen molar-refractivity contribution in [2.45, 2.75) is 70.9 Å². The number of nitrogens with one attached hydrogen (secondary N) is 3. The molecule has 4 rings (SSSR count). The van der Waals surface area contributed by atoms with Crippen LogP contribution in [0.3, 0.4) is 0 Å². The minimum atomic E-state index is -0.991. The number of likely N-dealkylation sites (tertiary alicyclic amines) is 1. The van der Waals surface area contributed by atoms with Crippen LogP contribution in [0, 0.1) is 5.92 Å². The fourth-order valence-electron chi connectivity index (χ4n) is 5.12. The summed E-state index contributed by atoms with van der Waals surface area (Å²) < 4.78 is 5.40. The molecule has 0 bridgehead atoms. The van der Waals surface area contributed by atoms with Crippen molar-refractivity contribution in [3.05, 3.63) is 29.3 Å². The van der Waals surface area contributed by atoms with E-state index in [0.29, 0.717) is 38.3 Å². The SMILES string of the molecule is CC(C)(C)OC(=O)N1CCC(CC(=O)NCCCCNc2ccc3c(c2)C(=O)N(C2CCC(=O)NC2=O)C3=O)C1. The number of nitrogens with zero attached hydrogens (tertiary/aromatic N) is 2. The molecule has 3 aliphatic rings. The number of carbonyl (C=O) groups is 6. The van der Waals surface area contributed by atoms with E-state index in [1.807, 2.05) is 20.8 Å². The number of unbranched alkanes of at least 4 members (excludes halogenated alkanes) is 1. The molecule has 0 saturated carbocycles. The molecule has 1 aromatic carbocycles. The normalized spacial score (nSPS) is 20.9. The molecule has 12 heteroatoms. The molecule has 2 saturated heterocycles. The summed E-state index contributed by atoms with van der Waals surface area (Å²) in [5.41, 5.74) is 0.588. The van der Waals surface area contributed by atoms with Gasteiger partial charge in [-0.05, 0) is 70.6 Å². The van der Waals surface area contributed by atoms with Crippen LogP contribution in [0.15, 0.2) is 18.2 Å². The number of hydrogen-bond acceptors (Lipinski definition) is 8. The maximum atomic E-state index is 12.9. The van der Waals surface area contributed by atoms with Gasteiger partial charge in [0.15, 0.2) is 0 Å². The van der Waals surface area contributed by atoms with Gasteiger partial charge in [0.2, 0.25) is 17.7 Å². The Morgan fingerprint density at radius 3 is 2.48 bits per heavy atom. The lowest BCUT2D eigenvalue weighted by Crippen LogP contribution is -2.54. The first-order chi connectivity index (χ1) is 18.9. The molecule has 0 aliphatic carbocycles. The number of benzene rings is 1. The Balaban J connectivity index is 1.15. The summed E-state index contributed by atoms with van der Waals surface area (Å²) in [6.45, 7) is 7.73. The zero-order valence-corrected chi connectivity index (χ0v) is 23.2. The molecule has 0 spiro atoms. The van der Waals surface area contributed by atoms with Gasteiger partial charge in [0.1, 0.15) is 11.6 Å². The minimum Gasteiger partial charge on any atom is -0.444 e. The number of amides is 6. The molecule has 2 atom stereocenters. The van der Waals surface area contributed by atoms with E-state index in [1.165, 1.54) is 0 Å². The van der Waals surface area contributed by atoms with E-state index in [-0.39, 0.29) is 41.9 Å². The zero-order valence-electron chi connectivity index (χ0n) is 23.2. The highest BCUT2D eigenvalue weighted by Gasteiger charge is 2.44. The van der Waals surface area contributed by atoms with Crippen LogP contribution >= 0.6 is 0 Å². The molecule has 40 heavy (non-hydrogen) atoms. The summed E-state index contributed by atoms with van der Waals surface area (Å²) in [6, 6.07) is 3.89. The van der Waals surface area contributed by atoms with Crippen LogP contribution in [0.2, 0.25) is 0 Å². The smallest absolute Gasteiger partial charge is 0.410 e. The fourth-order valence-corrected chi connectivity index (χ4v) is 5.12. The summed E-state index contributed by atoms with van der Waals surface area (Å²) >= 11 is 0. The molecule has 12 nitrogen and oxygen atoms in total. The Kier molecular flexibility index (Phi) is 8.75. The first-order valence-electron chi connectivity index (χ1n) is 13.8. The lowest BCUT2D eigenvalue weighted by atomic mass is 10.0. The second-order valence-electron chi connectivity index (χ2n) is 11.5. The van der Waals surface area contributed by atoms with Crippen molar-refractivity contribution in [2.24, 2.45) is 5.92 Å². The third kappa shape index (κ3) is 6.97. The number of anilines is 1. The second-order valence-corrected chi connectivity index (χ2v) is 11.5. The van der Waals surface area contributed by atoms with Gasteiger partial charge in [-0.15, -0.1) is 0 Å². The van der Waals surface area contributed by atoms with Gasteiger partial charge in [-0.1, -0.05) is 0 Å². The van der Waals surface area contributed by atoms with E-state index in [1.54, 1.807) is 23.1 Å². The van der Waals surface area contributed by atoms with E-state index >= 15 is 0 Å². The lowest BCUT2D eigenvalue weighted by Gasteiger charge is -2.27. The topological polar surface area (TPSA) is 154 Å². The highest BCUT2D eigenvalue weighted by atomic mass is 16.6. The largest absolute Gasteiger partial charge is 0.444 e. The molecular formula is C28H37N5O7. The van der Waals surface area contributed by atoms with E-state index in [2.05, 4.69) is 16.0 Å². The predicted molar refractivity (Wildman–Crippen MR) is 144 cm³/mol. The standard InChI is InChI=1S/C28H37N5O7/c1-28(2,3)40-27(39)32-13-10-17(16-32)14-23(35)30-12-5-4-11-29-18-6-7-19-20(15-18)26(38)33(25(19)37)21-8-9-22(34)31-24(21)36/h6-7,15,17,21,29H,4-5,8-14,16H2,1-3H3,(H,30,35)(H,31,34,36). The second kappa shape index (κ2) is 12.1. The molecule has 216 valence electrons. The van der Waals surface area contributed by atoms with E-state index in [9.17, 15) is 28.8 Å². The van der Waals surface area contributed by atoms with Crippen LogP contribution in [0.5, 0.6) is 0 Å². The van der Waals surface area contributed by atoms with Gasteiger partial charge in [0.05, 0.1) is 11.1 Å². The highest BCUT2D eigenvalue weighted by molar-refractivity contribution is 6.23. The van der Waals surface area contributed by atoms with Crippen molar-refractivity contribution in [3.63, 3.8) is 0 Å². The summed E-state index contributed by atoms with van der Waals surface area (Å²) in [6.07, 6.45) is 2.51. The van der Waals surface area contributed by atoms with Crippen LogP contribution in [0.4, 0.5) is 10.5 Å². The number of carbonyl (C=O) groups excluding carboxylic acids is 6.